The molecule has 0 N–H and O–H groups in total. The molecule has 0 heterocycles. The summed E-state index contributed by atoms with van der Waals surface area (Å²) in [6, 6.07) is 0. The second kappa shape index (κ2) is 10.2. The Kier molecular flexibility index (Phi) is 10.2. The van der Waals surface area contributed by atoms with Crippen LogP contribution in [0.2, 0.25) is 0 Å². The van der Waals surface area contributed by atoms with E-state index in [2.05, 4.69) is 76.2 Å². The summed E-state index contributed by atoms with van der Waals surface area (Å²) in [7, 11) is 0. The monoisotopic (exact) mass is 338 g/mol. The lowest BCUT2D eigenvalue weighted by atomic mass is 9.44. The maximum absolute atomic E-state index is 2.62. The zero-order valence-electron chi connectivity index (χ0n) is 19.1. The van der Waals surface area contributed by atoms with Crippen molar-refractivity contribution < 1.29 is 0 Å². The average Bonchev–Trinajstić information content (AvgIpc) is 2.53. The molecule has 0 spiro atoms. The highest BCUT2D eigenvalue weighted by molar-refractivity contribution is 5.04. The molecule has 0 fully saturated rings. The zero-order valence-corrected chi connectivity index (χ0v) is 19.1. The molecule has 5 unspecified atom stereocenters. The van der Waals surface area contributed by atoms with E-state index < -0.39 is 0 Å². The van der Waals surface area contributed by atoms with E-state index in [0.29, 0.717) is 10.8 Å². The fraction of sp³-hybridized carbons (Fsp3) is 1.00. The molecular weight excluding hydrogens is 288 g/mol. The van der Waals surface area contributed by atoms with Crippen LogP contribution in [0, 0.1) is 40.4 Å². The van der Waals surface area contributed by atoms with Gasteiger partial charge >= 0.3 is 0 Å². The Morgan fingerprint density at radius 3 is 1.58 bits per heavy atom. The van der Waals surface area contributed by atoms with Crippen LogP contribution in [-0.2, 0) is 0 Å². The molecule has 0 saturated carbocycles. The van der Waals surface area contributed by atoms with Gasteiger partial charge in [0, 0.05) is 0 Å². The maximum Gasteiger partial charge on any atom is -0.0164 e. The van der Waals surface area contributed by atoms with Crippen molar-refractivity contribution in [3.8, 4) is 0 Å². The van der Waals surface area contributed by atoms with E-state index >= 15 is 0 Å². The SMILES string of the molecule is CCCC(C)C(C(C)CC(C)C)(C(C)C(C)CC)C(C)(CC)CC. The van der Waals surface area contributed by atoms with Crippen molar-refractivity contribution in [2.24, 2.45) is 40.4 Å². The van der Waals surface area contributed by atoms with Gasteiger partial charge in [0.25, 0.3) is 0 Å². The molecule has 0 aromatic carbocycles. The van der Waals surface area contributed by atoms with Crippen molar-refractivity contribution in [3.05, 3.63) is 0 Å². The molecule has 24 heavy (non-hydrogen) atoms. The first-order chi connectivity index (χ1) is 11.1. The second-order valence-corrected chi connectivity index (χ2v) is 9.60. The average molecular weight is 339 g/mol. The molecule has 0 aliphatic carbocycles. The molecule has 0 nitrogen and oxygen atoms in total. The largest absolute Gasteiger partial charge is 0.0654 e. The van der Waals surface area contributed by atoms with Crippen LogP contribution in [0.25, 0.3) is 0 Å². The van der Waals surface area contributed by atoms with Crippen LogP contribution in [0.5, 0.6) is 0 Å². The summed E-state index contributed by atoms with van der Waals surface area (Å²) < 4.78 is 0. The number of hydrogen-bond donors (Lipinski definition) is 0. The molecule has 0 aliphatic rings. The van der Waals surface area contributed by atoms with E-state index in [-0.39, 0.29) is 0 Å². The summed E-state index contributed by atoms with van der Waals surface area (Å²) in [5, 5.41) is 0. The quantitative estimate of drug-likeness (QED) is 0.334. The summed E-state index contributed by atoms with van der Waals surface area (Å²) in [5.41, 5.74) is 0.866. The van der Waals surface area contributed by atoms with Gasteiger partial charge in [-0.25, -0.2) is 0 Å². The highest BCUT2D eigenvalue weighted by Gasteiger charge is 2.55. The fourth-order valence-corrected chi connectivity index (χ4v) is 6.38. The first kappa shape index (κ1) is 24.0. The van der Waals surface area contributed by atoms with Crippen LogP contribution >= 0.6 is 0 Å². The third-order valence-electron chi connectivity index (χ3n) is 8.03. The molecule has 0 aromatic heterocycles. The van der Waals surface area contributed by atoms with Crippen LogP contribution in [0.15, 0.2) is 0 Å². The Hall–Kier alpha value is 0. The van der Waals surface area contributed by atoms with Gasteiger partial charge in [-0.05, 0) is 46.8 Å². The minimum atomic E-state index is 0.429. The molecular formula is C24H50. The van der Waals surface area contributed by atoms with Gasteiger partial charge in [0.15, 0.2) is 0 Å². The van der Waals surface area contributed by atoms with E-state index in [1.807, 2.05) is 0 Å². The summed E-state index contributed by atoms with van der Waals surface area (Å²) in [6.45, 7) is 27.4. The molecule has 5 atom stereocenters. The summed E-state index contributed by atoms with van der Waals surface area (Å²) >= 11 is 0. The van der Waals surface area contributed by atoms with Crippen molar-refractivity contribution >= 4 is 0 Å². The van der Waals surface area contributed by atoms with Gasteiger partial charge in [0.1, 0.15) is 0 Å². The van der Waals surface area contributed by atoms with Gasteiger partial charge in [-0.2, -0.15) is 0 Å². The lowest BCUT2D eigenvalue weighted by molar-refractivity contribution is -0.128. The first-order valence-electron chi connectivity index (χ1n) is 11.1. The molecule has 0 rings (SSSR count). The Bertz CT molecular complexity index is 325. The van der Waals surface area contributed by atoms with Gasteiger partial charge in [-0.15, -0.1) is 0 Å². The molecule has 146 valence electrons. The molecule has 0 amide bonds. The molecule has 0 heteroatoms. The number of hydrogen-bond acceptors (Lipinski definition) is 0. The van der Waals surface area contributed by atoms with E-state index in [0.717, 1.165) is 29.6 Å². The minimum Gasteiger partial charge on any atom is -0.0654 e. The normalized spacial score (nSPS) is 20.5. The summed E-state index contributed by atoms with van der Waals surface area (Å²) in [4.78, 5) is 0. The van der Waals surface area contributed by atoms with Crippen LogP contribution in [-0.4, -0.2) is 0 Å². The van der Waals surface area contributed by atoms with Gasteiger partial charge in [-0.3, -0.25) is 0 Å². The first-order valence-corrected chi connectivity index (χ1v) is 11.1. The third-order valence-corrected chi connectivity index (χ3v) is 8.03. The molecule has 0 aromatic rings. The van der Waals surface area contributed by atoms with Gasteiger partial charge in [0.05, 0.1) is 0 Å². The molecule has 0 bridgehead atoms. The predicted molar refractivity (Wildman–Crippen MR) is 112 cm³/mol. The maximum atomic E-state index is 2.62. The highest BCUT2D eigenvalue weighted by Crippen LogP contribution is 2.62. The third kappa shape index (κ3) is 4.59. The summed E-state index contributed by atoms with van der Waals surface area (Å²) in [6.07, 6.45) is 7.97. The van der Waals surface area contributed by atoms with Crippen molar-refractivity contribution in [3.63, 3.8) is 0 Å². The predicted octanol–water partition coefficient (Wildman–Crippen LogP) is 8.60. The Morgan fingerprint density at radius 2 is 1.25 bits per heavy atom. The Morgan fingerprint density at radius 1 is 0.750 bits per heavy atom. The standard InChI is InChI=1S/C24H50/c1-12-16-20(8)24(21(9)17-18(5)6,22(10)19(7)13-2)23(11,14-3)15-4/h18-22H,12-17H2,1-11H3. The van der Waals surface area contributed by atoms with Crippen molar-refractivity contribution in [2.45, 2.75) is 115 Å². The van der Waals surface area contributed by atoms with E-state index in [4.69, 9.17) is 0 Å². The van der Waals surface area contributed by atoms with Crippen LogP contribution in [0.1, 0.15) is 115 Å². The summed E-state index contributed by atoms with van der Waals surface area (Å²) in [5.74, 6) is 3.95. The minimum absolute atomic E-state index is 0.429. The Labute approximate surface area is 155 Å². The lowest BCUT2D eigenvalue weighted by Gasteiger charge is -2.61. The van der Waals surface area contributed by atoms with E-state index in [1.165, 1.54) is 38.5 Å². The number of rotatable bonds is 12. The zero-order chi connectivity index (χ0) is 19.1. The molecule has 0 aliphatic heterocycles. The van der Waals surface area contributed by atoms with Crippen LogP contribution < -0.4 is 0 Å². The van der Waals surface area contributed by atoms with E-state index in [9.17, 15) is 0 Å². The van der Waals surface area contributed by atoms with Gasteiger partial charge in [0.2, 0.25) is 0 Å². The van der Waals surface area contributed by atoms with Gasteiger partial charge < -0.3 is 0 Å². The topological polar surface area (TPSA) is 0 Å². The van der Waals surface area contributed by atoms with Crippen molar-refractivity contribution in [1.29, 1.82) is 0 Å². The van der Waals surface area contributed by atoms with E-state index in [1.54, 1.807) is 0 Å². The van der Waals surface area contributed by atoms with Crippen LogP contribution in [0.4, 0.5) is 0 Å². The fourth-order valence-electron chi connectivity index (χ4n) is 6.38. The van der Waals surface area contributed by atoms with Gasteiger partial charge in [-0.1, -0.05) is 108 Å². The van der Waals surface area contributed by atoms with Crippen molar-refractivity contribution in [2.75, 3.05) is 0 Å². The molecule has 0 radical (unpaired) electrons. The second-order valence-electron chi connectivity index (χ2n) is 9.60. The van der Waals surface area contributed by atoms with Crippen molar-refractivity contribution in [1.82, 2.24) is 0 Å². The van der Waals surface area contributed by atoms with Crippen LogP contribution in [0.3, 0.4) is 0 Å². The lowest BCUT2D eigenvalue weighted by Crippen LogP contribution is -2.55. The highest BCUT2D eigenvalue weighted by atomic mass is 14.6. The Balaban J connectivity index is 6.40. The molecule has 0 saturated heterocycles. The smallest absolute Gasteiger partial charge is 0.0164 e.